The maximum Gasteiger partial charge on any atom is 0.244 e. The summed E-state index contributed by atoms with van der Waals surface area (Å²) >= 11 is 0. The van der Waals surface area contributed by atoms with E-state index >= 15 is 0 Å². The third kappa shape index (κ3) is 2.41. The average Bonchev–Trinajstić information content (AvgIpc) is 2.60. The molecule has 0 radical (unpaired) electrons. The molecule has 18 heavy (non-hydrogen) atoms. The van der Waals surface area contributed by atoms with Crippen LogP contribution < -0.4 is 11.1 Å². The molecule has 0 saturated heterocycles. The molecule has 2 atom stereocenters. The molecule has 5 nitrogen and oxygen atoms in total. The number of aromatic nitrogens is 2. The molecule has 0 spiro atoms. The van der Waals surface area contributed by atoms with Gasteiger partial charge in [-0.3, -0.25) is 9.89 Å². The summed E-state index contributed by atoms with van der Waals surface area (Å²) in [6.45, 7) is 5.91. The Morgan fingerprint density at radius 1 is 1.56 bits per heavy atom. The van der Waals surface area contributed by atoms with E-state index in [9.17, 15) is 4.79 Å². The molecule has 1 aliphatic rings. The van der Waals surface area contributed by atoms with Crippen LogP contribution in [0.2, 0.25) is 0 Å². The number of carbonyl (C=O) groups is 1. The summed E-state index contributed by atoms with van der Waals surface area (Å²) in [7, 11) is 0. The number of aryl methyl sites for hydroxylation is 2. The molecule has 1 aromatic heterocycles. The Balaban J connectivity index is 2.12. The minimum Gasteiger partial charge on any atom is -0.321 e. The van der Waals surface area contributed by atoms with Crippen LogP contribution in [0.15, 0.2) is 0 Å². The van der Waals surface area contributed by atoms with Gasteiger partial charge in [0, 0.05) is 0 Å². The number of rotatable bonds is 2. The van der Waals surface area contributed by atoms with Gasteiger partial charge in [0.25, 0.3) is 0 Å². The highest BCUT2D eigenvalue weighted by Crippen LogP contribution is 2.31. The second-order valence-electron chi connectivity index (χ2n) is 5.62. The summed E-state index contributed by atoms with van der Waals surface area (Å²) in [5.74, 6) is 0.433. The maximum atomic E-state index is 12.4. The number of nitrogens with two attached hydrogens (primary N) is 1. The van der Waals surface area contributed by atoms with E-state index in [2.05, 4.69) is 22.4 Å². The molecular weight excluding hydrogens is 228 g/mol. The lowest BCUT2D eigenvalue weighted by Gasteiger charge is -2.35. The SMILES string of the molecule is Cc1n[nH]c(C)c1NC(=O)C1(N)CCCC(C)C1. The third-order valence-corrected chi connectivity index (χ3v) is 3.85. The summed E-state index contributed by atoms with van der Waals surface area (Å²) in [5, 5.41) is 9.86. The molecule has 0 aliphatic heterocycles. The van der Waals surface area contributed by atoms with E-state index in [1.165, 1.54) is 0 Å². The van der Waals surface area contributed by atoms with Gasteiger partial charge in [0.15, 0.2) is 0 Å². The Morgan fingerprint density at radius 3 is 2.83 bits per heavy atom. The van der Waals surface area contributed by atoms with Crippen LogP contribution >= 0.6 is 0 Å². The average molecular weight is 250 g/mol. The fraction of sp³-hybridized carbons (Fsp3) is 0.692. The molecule has 4 N–H and O–H groups in total. The van der Waals surface area contributed by atoms with E-state index < -0.39 is 5.54 Å². The lowest BCUT2D eigenvalue weighted by Crippen LogP contribution is -2.53. The van der Waals surface area contributed by atoms with Crippen molar-refractivity contribution in [2.45, 2.75) is 52.0 Å². The van der Waals surface area contributed by atoms with Crippen LogP contribution in [0.25, 0.3) is 0 Å². The zero-order chi connectivity index (χ0) is 13.3. The van der Waals surface area contributed by atoms with Crippen LogP contribution in [0, 0.1) is 19.8 Å². The van der Waals surface area contributed by atoms with E-state index in [1.54, 1.807) is 0 Å². The van der Waals surface area contributed by atoms with Crippen molar-refractivity contribution in [1.29, 1.82) is 0 Å². The first-order chi connectivity index (χ1) is 8.42. The Bertz CT molecular complexity index is 434. The summed E-state index contributed by atoms with van der Waals surface area (Å²) in [6.07, 6.45) is 3.71. The normalized spacial score (nSPS) is 28.1. The third-order valence-electron chi connectivity index (χ3n) is 3.85. The number of hydrogen-bond donors (Lipinski definition) is 3. The Morgan fingerprint density at radius 2 is 2.28 bits per heavy atom. The fourth-order valence-electron chi connectivity index (χ4n) is 2.77. The van der Waals surface area contributed by atoms with Crippen molar-refractivity contribution < 1.29 is 4.79 Å². The van der Waals surface area contributed by atoms with Crippen molar-refractivity contribution in [3.8, 4) is 0 Å². The van der Waals surface area contributed by atoms with Crippen LogP contribution in [0.3, 0.4) is 0 Å². The second-order valence-corrected chi connectivity index (χ2v) is 5.62. The number of amides is 1. The van der Waals surface area contributed by atoms with E-state index in [4.69, 9.17) is 5.73 Å². The molecule has 1 aromatic rings. The summed E-state index contributed by atoms with van der Waals surface area (Å²) < 4.78 is 0. The van der Waals surface area contributed by atoms with E-state index in [-0.39, 0.29) is 5.91 Å². The minimum absolute atomic E-state index is 0.0818. The van der Waals surface area contributed by atoms with Gasteiger partial charge in [0.1, 0.15) is 0 Å². The fourth-order valence-corrected chi connectivity index (χ4v) is 2.77. The van der Waals surface area contributed by atoms with Crippen LogP contribution in [-0.2, 0) is 4.79 Å². The van der Waals surface area contributed by atoms with Gasteiger partial charge in [-0.2, -0.15) is 5.10 Å². The smallest absolute Gasteiger partial charge is 0.244 e. The van der Waals surface area contributed by atoms with E-state index in [0.29, 0.717) is 5.92 Å². The molecule has 1 amide bonds. The standard InChI is InChI=1S/C13H22N4O/c1-8-5-4-6-13(14,7-8)12(18)15-11-9(2)16-17-10(11)3/h8H,4-7,14H2,1-3H3,(H,15,18)(H,16,17). The van der Waals surface area contributed by atoms with Crippen molar-refractivity contribution in [2.24, 2.45) is 11.7 Å². The molecule has 1 saturated carbocycles. The zero-order valence-electron chi connectivity index (χ0n) is 11.3. The Labute approximate surface area is 108 Å². The quantitative estimate of drug-likeness (QED) is 0.749. The summed E-state index contributed by atoms with van der Waals surface area (Å²) in [4.78, 5) is 12.4. The molecule has 0 aromatic carbocycles. The highest BCUT2D eigenvalue weighted by atomic mass is 16.2. The molecule has 100 valence electrons. The predicted molar refractivity (Wildman–Crippen MR) is 71.2 cm³/mol. The lowest BCUT2D eigenvalue weighted by atomic mass is 9.76. The first-order valence-electron chi connectivity index (χ1n) is 6.54. The number of H-pyrrole nitrogens is 1. The van der Waals surface area contributed by atoms with Gasteiger partial charge in [-0.05, 0) is 32.6 Å². The number of hydrogen-bond acceptors (Lipinski definition) is 3. The number of anilines is 1. The Hall–Kier alpha value is -1.36. The van der Waals surface area contributed by atoms with Gasteiger partial charge >= 0.3 is 0 Å². The maximum absolute atomic E-state index is 12.4. The van der Waals surface area contributed by atoms with Crippen molar-refractivity contribution in [3.05, 3.63) is 11.4 Å². The number of nitrogens with zero attached hydrogens (tertiary/aromatic N) is 1. The van der Waals surface area contributed by atoms with E-state index in [0.717, 1.165) is 42.8 Å². The first-order valence-corrected chi connectivity index (χ1v) is 6.54. The molecule has 0 bridgehead atoms. The molecule has 5 heteroatoms. The molecule has 2 rings (SSSR count). The molecule has 1 heterocycles. The summed E-state index contributed by atoms with van der Waals surface area (Å²) in [6, 6.07) is 0. The number of nitrogens with one attached hydrogen (secondary N) is 2. The predicted octanol–water partition coefficient (Wildman–Crippen LogP) is 1.87. The Kier molecular flexibility index (Phi) is 3.43. The highest BCUT2D eigenvalue weighted by molar-refractivity contribution is 5.98. The molecule has 1 aliphatic carbocycles. The summed E-state index contributed by atoms with van der Waals surface area (Å²) in [5.41, 5.74) is 7.97. The molecule has 1 fully saturated rings. The van der Waals surface area contributed by atoms with Gasteiger partial charge in [-0.1, -0.05) is 19.8 Å². The van der Waals surface area contributed by atoms with Gasteiger partial charge in [-0.25, -0.2) is 0 Å². The van der Waals surface area contributed by atoms with Crippen LogP contribution in [0.4, 0.5) is 5.69 Å². The minimum atomic E-state index is -0.728. The lowest BCUT2D eigenvalue weighted by molar-refractivity contribution is -0.122. The van der Waals surface area contributed by atoms with Crippen molar-refractivity contribution in [1.82, 2.24) is 10.2 Å². The first kappa shape index (κ1) is 13.1. The molecule has 2 unspecified atom stereocenters. The number of aromatic amines is 1. The van der Waals surface area contributed by atoms with Gasteiger partial charge in [0.05, 0.1) is 22.6 Å². The second kappa shape index (κ2) is 4.72. The van der Waals surface area contributed by atoms with Crippen LogP contribution in [-0.4, -0.2) is 21.6 Å². The van der Waals surface area contributed by atoms with Gasteiger partial charge < -0.3 is 11.1 Å². The van der Waals surface area contributed by atoms with Crippen molar-refractivity contribution >= 4 is 11.6 Å². The van der Waals surface area contributed by atoms with Crippen LogP contribution in [0.5, 0.6) is 0 Å². The van der Waals surface area contributed by atoms with Gasteiger partial charge in [-0.15, -0.1) is 0 Å². The monoisotopic (exact) mass is 250 g/mol. The highest BCUT2D eigenvalue weighted by Gasteiger charge is 2.38. The largest absolute Gasteiger partial charge is 0.321 e. The van der Waals surface area contributed by atoms with Crippen molar-refractivity contribution in [3.63, 3.8) is 0 Å². The molecular formula is C13H22N4O. The zero-order valence-corrected chi connectivity index (χ0v) is 11.3. The van der Waals surface area contributed by atoms with Crippen LogP contribution in [0.1, 0.15) is 44.0 Å². The topological polar surface area (TPSA) is 83.8 Å². The number of carbonyl (C=O) groups excluding carboxylic acids is 1. The van der Waals surface area contributed by atoms with Gasteiger partial charge in [0.2, 0.25) is 5.91 Å². The van der Waals surface area contributed by atoms with Crippen molar-refractivity contribution in [2.75, 3.05) is 5.32 Å². The van der Waals surface area contributed by atoms with E-state index in [1.807, 2.05) is 13.8 Å².